The minimum atomic E-state index is 0.0138. The van der Waals surface area contributed by atoms with Gasteiger partial charge < -0.3 is 9.47 Å². The van der Waals surface area contributed by atoms with E-state index in [0.717, 1.165) is 21.5 Å². The zero-order valence-electron chi connectivity index (χ0n) is 12.2. The lowest BCUT2D eigenvalue weighted by Gasteiger charge is -2.23. The van der Waals surface area contributed by atoms with Crippen LogP contribution < -0.4 is 9.47 Å². The van der Waals surface area contributed by atoms with Gasteiger partial charge in [-0.15, -0.1) is 11.3 Å². The molecule has 0 radical (unpaired) electrons. The second-order valence-electron chi connectivity index (χ2n) is 5.63. The van der Waals surface area contributed by atoms with E-state index < -0.39 is 0 Å². The molecule has 2 nitrogen and oxygen atoms in total. The van der Waals surface area contributed by atoms with Gasteiger partial charge in [-0.2, -0.15) is 0 Å². The molecule has 0 aliphatic heterocycles. The van der Waals surface area contributed by atoms with Crippen LogP contribution in [-0.2, 0) is 12.0 Å². The minimum absolute atomic E-state index is 0.0138. The largest absolute Gasteiger partial charge is 0.497 e. The van der Waals surface area contributed by atoms with Crippen LogP contribution in [0.25, 0.3) is 0 Å². The fourth-order valence-electron chi connectivity index (χ4n) is 1.93. The van der Waals surface area contributed by atoms with Crippen LogP contribution in [0.2, 0.25) is 0 Å². The number of hydrogen-bond acceptors (Lipinski definition) is 3. The van der Waals surface area contributed by atoms with Gasteiger partial charge in [0, 0.05) is 20.3 Å². The molecule has 0 spiro atoms. The van der Waals surface area contributed by atoms with Crippen LogP contribution in [0.1, 0.15) is 31.2 Å². The zero-order valence-corrected chi connectivity index (χ0v) is 14.6. The first-order chi connectivity index (χ1) is 9.40. The molecule has 1 aromatic carbocycles. The monoisotopic (exact) mass is 354 g/mol. The minimum Gasteiger partial charge on any atom is -0.497 e. The van der Waals surface area contributed by atoms with E-state index in [9.17, 15) is 0 Å². The standard InChI is InChI=1S/C16H19BrO2S/c1-16(2,3)14-8-12(18-4)5-6-15(14)19-9-13-7-11(17)10-20-13/h5-8,10H,9H2,1-4H3. The molecule has 0 unspecified atom stereocenters. The van der Waals surface area contributed by atoms with Gasteiger partial charge in [0.25, 0.3) is 0 Å². The Balaban J connectivity index is 2.22. The molecule has 0 amide bonds. The van der Waals surface area contributed by atoms with Crippen molar-refractivity contribution >= 4 is 27.3 Å². The van der Waals surface area contributed by atoms with Gasteiger partial charge in [0.2, 0.25) is 0 Å². The Kier molecular flexibility index (Phi) is 4.76. The van der Waals surface area contributed by atoms with Gasteiger partial charge in [-0.3, -0.25) is 0 Å². The summed E-state index contributed by atoms with van der Waals surface area (Å²) in [7, 11) is 1.69. The third-order valence-corrected chi connectivity index (χ3v) is 4.66. The highest BCUT2D eigenvalue weighted by molar-refractivity contribution is 9.10. The van der Waals surface area contributed by atoms with Gasteiger partial charge in [-0.1, -0.05) is 20.8 Å². The lowest BCUT2D eigenvalue weighted by molar-refractivity contribution is 0.299. The Morgan fingerprint density at radius 3 is 2.50 bits per heavy atom. The van der Waals surface area contributed by atoms with E-state index >= 15 is 0 Å². The van der Waals surface area contributed by atoms with E-state index in [2.05, 4.69) is 54.2 Å². The predicted molar refractivity (Wildman–Crippen MR) is 88.0 cm³/mol. The maximum Gasteiger partial charge on any atom is 0.123 e. The van der Waals surface area contributed by atoms with Crippen LogP contribution in [0, 0.1) is 0 Å². The highest BCUT2D eigenvalue weighted by Crippen LogP contribution is 2.35. The number of ether oxygens (including phenoxy) is 2. The van der Waals surface area contributed by atoms with Gasteiger partial charge in [0.15, 0.2) is 0 Å². The molecule has 0 N–H and O–H groups in total. The average Bonchev–Trinajstić information content (AvgIpc) is 2.81. The summed E-state index contributed by atoms with van der Waals surface area (Å²) in [4.78, 5) is 1.20. The van der Waals surface area contributed by atoms with Crippen LogP contribution >= 0.6 is 27.3 Å². The molecule has 0 fully saturated rings. The van der Waals surface area contributed by atoms with Crippen molar-refractivity contribution in [2.75, 3.05) is 7.11 Å². The number of thiophene rings is 1. The second-order valence-corrected chi connectivity index (χ2v) is 7.54. The van der Waals surface area contributed by atoms with Crippen molar-refractivity contribution in [3.8, 4) is 11.5 Å². The number of hydrogen-bond donors (Lipinski definition) is 0. The summed E-state index contributed by atoms with van der Waals surface area (Å²) in [6, 6.07) is 8.07. The molecule has 0 aliphatic carbocycles. The molecule has 1 heterocycles. The SMILES string of the molecule is COc1ccc(OCc2cc(Br)cs2)c(C(C)(C)C)c1. The Hall–Kier alpha value is -1.00. The first-order valence-electron chi connectivity index (χ1n) is 6.44. The molecule has 0 saturated carbocycles. The molecule has 108 valence electrons. The summed E-state index contributed by atoms with van der Waals surface area (Å²) >= 11 is 5.16. The van der Waals surface area contributed by atoms with Crippen LogP contribution in [0.3, 0.4) is 0 Å². The molecule has 0 aliphatic rings. The smallest absolute Gasteiger partial charge is 0.123 e. The van der Waals surface area contributed by atoms with Crippen molar-refractivity contribution in [3.63, 3.8) is 0 Å². The highest BCUT2D eigenvalue weighted by atomic mass is 79.9. The fourth-order valence-corrected chi connectivity index (χ4v) is 3.29. The average molecular weight is 355 g/mol. The van der Waals surface area contributed by atoms with Crippen LogP contribution in [-0.4, -0.2) is 7.11 Å². The number of methoxy groups -OCH3 is 1. The van der Waals surface area contributed by atoms with Crippen molar-refractivity contribution in [1.29, 1.82) is 0 Å². The van der Waals surface area contributed by atoms with Crippen LogP contribution in [0.15, 0.2) is 34.1 Å². The first kappa shape index (κ1) is 15.4. The third-order valence-electron chi connectivity index (χ3n) is 2.99. The number of halogens is 1. The molecule has 2 aromatic rings. The van der Waals surface area contributed by atoms with Crippen molar-refractivity contribution in [2.24, 2.45) is 0 Å². The van der Waals surface area contributed by atoms with Gasteiger partial charge in [0.05, 0.1) is 7.11 Å². The van der Waals surface area contributed by atoms with E-state index in [1.54, 1.807) is 18.4 Å². The lowest BCUT2D eigenvalue weighted by atomic mass is 9.86. The summed E-state index contributed by atoms with van der Waals surface area (Å²) in [5.41, 5.74) is 1.17. The van der Waals surface area contributed by atoms with Crippen molar-refractivity contribution in [2.45, 2.75) is 32.8 Å². The van der Waals surface area contributed by atoms with E-state index in [0.29, 0.717) is 6.61 Å². The Morgan fingerprint density at radius 1 is 1.20 bits per heavy atom. The van der Waals surface area contributed by atoms with E-state index in [1.165, 1.54) is 4.88 Å². The van der Waals surface area contributed by atoms with Crippen molar-refractivity contribution < 1.29 is 9.47 Å². The zero-order chi connectivity index (χ0) is 14.8. The molecule has 1 aromatic heterocycles. The Morgan fingerprint density at radius 2 is 1.95 bits per heavy atom. The van der Waals surface area contributed by atoms with Crippen molar-refractivity contribution in [3.05, 3.63) is 44.6 Å². The Labute approximate surface area is 132 Å². The normalized spacial score (nSPS) is 11.4. The van der Waals surface area contributed by atoms with Gasteiger partial charge in [-0.05, 0) is 45.6 Å². The van der Waals surface area contributed by atoms with Gasteiger partial charge >= 0.3 is 0 Å². The molecule has 0 atom stereocenters. The van der Waals surface area contributed by atoms with Crippen LogP contribution in [0.5, 0.6) is 11.5 Å². The molecular formula is C16H19BrO2S. The van der Waals surface area contributed by atoms with Gasteiger partial charge in [-0.25, -0.2) is 0 Å². The van der Waals surface area contributed by atoms with E-state index in [-0.39, 0.29) is 5.41 Å². The van der Waals surface area contributed by atoms with E-state index in [1.807, 2.05) is 12.1 Å². The maximum absolute atomic E-state index is 6.00. The molecule has 2 rings (SSSR count). The highest BCUT2D eigenvalue weighted by Gasteiger charge is 2.20. The molecule has 4 heteroatoms. The summed E-state index contributed by atoms with van der Waals surface area (Å²) in [5, 5.41) is 2.07. The molecule has 0 bridgehead atoms. The third kappa shape index (κ3) is 3.76. The maximum atomic E-state index is 6.00. The quantitative estimate of drug-likeness (QED) is 0.732. The Bertz CT molecular complexity index is 584. The number of rotatable bonds is 4. The molecule has 0 saturated heterocycles. The fraction of sp³-hybridized carbons (Fsp3) is 0.375. The molecular weight excluding hydrogens is 336 g/mol. The van der Waals surface area contributed by atoms with Crippen LogP contribution in [0.4, 0.5) is 0 Å². The first-order valence-corrected chi connectivity index (χ1v) is 8.11. The topological polar surface area (TPSA) is 18.5 Å². The second kappa shape index (κ2) is 6.19. The van der Waals surface area contributed by atoms with Gasteiger partial charge in [0.1, 0.15) is 18.1 Å². The lowest BCUT2D eigenvalue weighted by Crippen LogP contribution is -2.13. The summed E-state index contributed by atoms with van der Waals surface area (Å²) in [6.07, 6.45) is 0. The molecule has 20 heavy (non-hydrogen) atoms. The number of benzene rings is 1. The predicted octanol–water partition coefficient (Wildman–Crippen LogP) is 5.40. The van der Waals surface area contributed by atoms with Crippen molar-refractivity contribution in [1.82, 2.24) is 0 Å². The summed E-state index contributed by atoms with van der Waals surface area (Å²) in [5.74, 6) is 1.78. The summed E-state index contributed by atoms with van der Waals surface area (Å²) < 4.78 is 12.4. The summed E-state index contributed by atoms with van der Waals surface area (Å²) in [6.45, 7) is 7.12. The van der Waals surface area contributed by atoms with E-state index in [4.69, 9.17) is 9.47 Å².